The Hall–Kier alpha value is -5.78. The first-order valence-corrected chi connectivity index (χ1v) is 19.9. The van der Waals surface area contributed by atoms with Gasteiger partial charge in [0.25, 0.3) is 0 Å². The molecule has 0 aliphatic heterocycles. The highest BCUT2D eigenvalue weighted by Gasteiger charge is 2.17. The van der Waals surface area contributed by atoms with Crippen LogP contribution in [0.25, 0.3) is 82.8 Å². The summed E-state index contributed by atoms with van der Waals surface area (Å²) >= 11 is 5.62. The Labute approximate surface area is 312 Å². The molecule has 11 rings (SSSR count). The van der Waals surface area contributed by atoms with Crippen LogP contribution in [0, 0.1) is 0 Å². The minimum atomic E-state index is 1.13. The zero-order valence-corrected chi connectivity index (χ0v) is 30.4. The van der Waals surface area contributed by atoms with Gasteiger partial charge in [-0.1, -0.05) is 115 Å². The molecule has 0 atom stereocenters. The fourth-order valence-electron chi connectivity index (χ4n) is 7.77. The predicted octanol–water partition coefficient (Wildman–Crippen LogP) is 15.6. The Morgan fingerprint density at radius 1 is 0.288 bits per heavy atom. The summed E-state index contributed by atoms with van der Waals surface area (Å²) in [4.78, 5) is 2.40. The van der Waals surface area contributed by atoms with Gasteiger partial charge >= 0.3 is 0 Å². The van der Waals surface area contributed by atoms with E-state index in [9.17, 15) is 0 Å². The van der Waals surface area contributed by atoms with Gasteiger partial charge in [-0.15, -0.1) is 34.0 Å². The standard InChI is InChI=1S/C48H29NS3/c1-4-13-43-37(8-1)40-26-20-32(28-46(40)50-43)30-16-21-33(22-17-30)49(35-25-27-41-38-9-2-5-14-44(38)51-47(41)29-35)34-23-18-31(19-24-34)36-11-7-12-42-39-10-3-6-15-45(39)52-48(36)42/h1-29H. The Morgan fingerprint density at radius 3 is 1.40 bits per heavy atom. The molecule has 3 heterocycles. The van der Waals surface area contributed by atoms with E-state index in [0.29, 0.717) is 0 Å². The number of thiophene rings is 3. The quantitative estimate of drug-likeness (QED) is 0.171. The van der Waals surface area contributed by atoms with Crippen molar-refractivity contribution in [2.75, 3.05) is 4.90 Å². The lowest BCUT2D eigenvalue weighted by Gasteiger charge is -2.26. The lowest BCUT2D eigenvalue weighted by molar-refractivity contribution is 1.29. The van der Waals surface area contributed by atoms with Crippen LogP contribution in [0.4, 0.5) is 17.1 Å². The van der Waals surface area contributed by atoms with Crippen LogP contribution < -0.4 is 4.90 Å². The van der Waals surface area contributed by atoms with E-state index in [4.69, 9.17) is 0 Å². The normalized spacial score (nSPS) is 11.8. The van der Waals surface area contributed by atoms with E-state index in [1.807, 2.05) is 34.0 Å². The number of benzene rings is 8. The van der Waals surface area contributed by atoms with Crippen molar-refractivity contribution in [2.45, 2.75) is 0 Å². The van der Waals surface area contributed by atoms with Gasteiger partial charge in [0.1, 0.15) is 0 Å². The first-order chi connectivity index (χ1) is 25.7. The maximum absolute atomic E-state index is 2.40. The van der Waals surface area contributed by atoms with Gasteiger partial charge in [-0.3, -0.25) is 0 Å². The molecule has 0 aliphatic carbocycles. The molecule has 0 spiro atoms. The number of hydrogen-bond acceptors (Lipinski definition) is 4. The van der Waals surface area contributed by atoms with Crippen molar-refractivity contribution in [1.29, 1.82) is 0 Å². The second kappa shape index (κ2) is 11.9. The molecular weight excluding hydrogens is 687 g/mol. The van der Waals surface area contributed by atoms with E-state index in [1.54, 1.807) is 0 Å². The van der Waals surface area contributed by atoms with Crippen LogP contribution in [0.5, 0.6) is 0 Å². The monoisotopic (exact) mass is 715 g/mol. The number of nitrogens with zero attached hydrogens (tertiary/aromatic N) is 1. The molecule has 0 amide bonds. The molecule has 8 aromatic carbocycles. The van der Waals surface area contributed by atoms with Gasteiger partial charge in [-0.05, 0) is 82.9 Å². The maximum Gasteiger partial charge on any atom is 0.0476 e. The highest BCUT2D eigenvalue weighted by Crippen LogP contribution is 2.44. The van der Waals surface area contributed by atoms with Crippen LogP contribution in [-0.4, -0.2) is 0 Å². The highest BCUT2D eigenvalue weighted by atomic mass is 32.1. The minimum absolute atomic E-state index is 1.13. The van der Waals surface area contributed by atoms with Crippen molar-refractivity contribution in [3.63, 3.8) is 0 Å². The second-order valence-corrected chi connectivity index (χ2v) is 16.5. The zero-order valence-electron chi connectivity index (χ0n) is 27.9. The van der Waals surface area contributed by atoms with Crippen molar-refractivity contribution in [2.24, 2.45) is 0 Å². The molecular formula is C48H29NS3. The minimum Gasteiger partial charge on any atom is -0.310 e. The SMILES string of the molecule is c1ccc2c(c1)sc1cc(-c3ccc(N(c4ccc(-c5cccc6c5sc5ccccc56)cc4)c4ccc5c(c4)sc4ccccc45)cc3)ccc12. The fourth-order valence-corrected chi connectivity index (χ4v) is 11.3. The van der Waals surface area contributed by atoms with Crippen molar-refractivity contribution in [3.05, 3.63) is 176 Å². The average molecular weight is 716 g/mol. The summed E-state index contributed by atoms with van der Waals surface area (Å²) in [5.41, 5.74) is 8.38. The summed E-state index contributed by atoms with van der Waals surface area (Å²) in [7, 11) is 0. The molecule has 0 aliphatic rings. The topological polar surface area (TPSA) is 3.24 Å². The van der Waals surface area contributed by atoms with Gasteiger partial charge < -0.3 is 4.90 Å². The first kappa shape index (κ1) is 29.9. The maximum atomic E-state index is 2.40. The summed E-state index contributed by atoms with van der Waals surface area (Å²) in [6.07, 6.45) is 0. The Balaban J connectivity index is 1.01. The molecule has 52 heavy (non-hydrogen) atoms. The average Bonchev–Trinajstić information content (AvgIpc) is 3.89. The molecule has 0 unspecified atom stereocenters. The van der Waals surface area contributed by atoms with E-state index >= 15 is 0 Å². The molecule has 244 valence electrons. The van der Waals surface area contributed by atoms with E-state index in [-0.39, 0.29) is 0 Å². The number of hydrogen-bond donors (Lipinski definition) is 0. The molecule has 0 fully saturated rings. The lowest BCUT2D eigenvalue weighted by Crippen LogP contribution is -2.09. The number of fused-ring (bicyclic) bond motifs is 9. The Bertz CT molecular complexity index is 3130. The molecule has 0 N–H and O–H groups in total. The van der Waals surface area contributed by atoms with Crippen LogP contribution in [-0.2, 0) is 0 Å². The van der Waals surface area contributed by atoms with Crippen molar-refractivity contribution in [1.82, 2.24) is 0 Å². The van der Waals surface area contributed by atoms with Crippen LogP contribution in [0.1, 0.15) is 0 Å². The van der Waals surface area contributed by atoms with Crippen LogP contribution in [0.15, 0.2) is 176 Å². The third-order valence-electron chi connectivity index (χ3n) is 10.3. The smallest absolute Gasteiger partial charge is 0.0476 e. The highest BCUT2D eigenvalue weighted by molar-refractivity contribution is 7.26. The first-order valence-electron chi connectivity index (χ1n) is 17.5. The summed E-state index contributed by atoms with van der Waals surface area (Å²) < 4.78 is 7.95. The van der Waals surface area contributed by atoms with Crippen LogP contribution >= 0.6 is 34.0 Å². The molecule has 0 radical (unpaired) electrons. The predicted molar refractivity (Wildman–Crippen MR) is 231 cm³/mol. The van der Waals surface area contributed by atoms with Crippen LogP contribution in [0.3, 0.4) is 0 Å². The summed E-state index contributed by atoms with van der Waals surface area (Å²) in [5, 5.41) is 7.95. The molecule has 11 aromatic rings. The largest absolute Gasteiger partial charge is 0.310 e. The Morgan fingerprint density at radius 2 is 0.750 bits per heavy atom. The fraction of sp³-hybridized carbons (Fsp3) is 0. The van der Waals surface area contributed by atoms with Crippen molar-refractivity contribution >= 4 is 112 Å². The lowest BCUT2D eigenvalue weighted by atomic mass is 10.0. The van der Waals surface area contributed by atoms with E-state index in [2.05, 4.69) is 181 Å². The third-order valence-corrected chi connectivity index (χ3v) is 13.8. The van der Waals surface area contributed by atoms with Crippen molar-refractivity contribution < 1.29 is 0 Å². The van der Waals surface area contributed by atoms with E-state index < -0.39 is 0 Å². The molecule has 1 nitrogen and oxygen atoms in total. The molecule has 0 saturated carbocycles. The van der Waals surface area contributed by atoms with E-state index in [0.717, 1.165) is 17.1 Å². The molecule has 0 saturated heterocycles. The summed E-state index contributed by atoms with van der Waals surface area (Å²) in [5.74, 6) is 0. The van der Waals surface area contributed by atoms with Gasteiger partial charge in [0.2, 0.25) is 0 Å². The van der Waals surface area contributed by atoms with Gasteiger partial charge in [-0.25, -0.2) is 0 Å². The molecule has 0 bridgehead atoms. The second-order valence-electron chi connectivity index (χ2n) is 13.3. The molecule has 4 heteroatoms. The number of anilines is 3. The molecule has 3 aromatic heterocycles. The number of rotatable bonds is 5. The van der Waals surface area contributed by atoms with Crippen molar-refractivity contribution in [3.8, 4) is 22.3 Å². The third kappa shape index (κ3) is 4.80. The van der Waals surface area contributed by atoms with E-state index in [1.165, 1.54) is 82.8 Å². The van der Waals surface area contributed by atoms with Gasteiger partial charge in [0.15, 0.2) is 0 Å². The summed E-state index contributed by atoms with van der Waals surface area (Å²) in [6.45, 7) is 0. The van der Waals surface area contributed by atoms with Crippen LogP contribution in [0.2, 0.25) is 0 Å². The zero-order chi connectivity index (χ0) is 34.2. The Kier molecular flexibility index (Phi) is 6.84. The summed E-state index contributed by atoms with van der Waals surface area (Å²) in [6, 6.07) is 64.9. The van der Waals surface area contributed by atoms with Gasteiger partial charge in [-0.2, -0.15) is 0 Å². The van der Waals surface area contributed by atoms with Gasteiger partial charge in [0.05, 0.1) is 0 Å². The van der Waals surface area contributed by atoms with Gasteiger partial charge in [0, 0.05) is 77.6 Å².